The van der Waals surface area contributed by atoms with Gasteiger partial charge in [-0.1, -0.05) is 0 Å². The lowest BCUT2D eigenvalue weighted by atomic mass is 10.2. The molecule has 4 nitrogen and oxygen atoms in total. The number of aromatic nitrogens is 2. The van der Waals surface area contributed by atoms with Crippen molar-refractivity contribution in [3.8, 4) is 16.5 Å². The molecule has 1 N–H and O–H groups in total. The Morgan fingerprint density at radius 1 is 1.29 bits per heavy atom. The highest BCUT2D eigenvalue weighted by Crippen LogP contribution is 2.31. The summed E-state index contributed by atoms with van der Waals surface area (Å²) in [5.41, 5.74) is 0.586. The fourth-order valence-electron chi connectivity index (χ4n) is 2.06. The van der Waals surface area contributed by atoms with Crippen LogP contribution in [-0.2, 0) is 0 Å². The lowest BCUT2D eigenvalue weighted by molar-refractivity contribution is 0.417. The Kier molecular flexibility index (Phi) is 3.70. The maximum atomic E-state index is 13.4. The minimum absolute atomic E-state index is 0.307. The van der Waals surface area contributed by atoms with Crippen LogP contribution in [-0.4, -0.2) is 23.6 Å². The van der Waals surface area contributed by atoms with Crippen molar-refractivity contribution < 1.29 is 9.13 Å². The van der Waals surface area contributed by atoms with Crippen LogP contribution in [0.1, 0.15) is 6.92 Å². The molecule has 0 aliphatic heterocycles. The second-order valence-electron chi connectivity index (χ2n) is 4.44. The summed E-state index contributed by atoms with van der Waals surface area (Å²) in [4.78, 5) is 9.90. The molecule has 3 rings (SSSR count). The largest absolute Gasteiger partial charge is 0.496 e. The second kappa shape index (κ2) is 5.65. The highest BCUT2D eigenvalue weighted by atomic mass is 32.1. The van der Waals surface area contributed by atoms with Gasteiger partial charge in [-0.05, 0) is 19.1 Å². The van der Waals surface area contributed by atoms with Crippen molar-refractivity contribution in [1.29, 1.82) is 0 Å². The molecule has 1 aromatic carbocycles. The summed E-state index contributed by atoms with van der Waals surface area (Å²) in [6.07, 6.45) is 0. The topological polar surface area (TPSA) is 47.0 Å². The van der Waals surface area contributed by atoms with Gasteiger partial charge < -0.3 is 10.1 Å². The molecule has 0 saturated heterocycles. The molecule has 0 saturated carbocycles. The van der Waals surface area contributed by atoms with Crippen molar-refractivity contribution in [3.05, 3.63) is 35.5 Å². The van der Waals surface area contributed by atoms with Crippen molar-refractivity contribution in [2.75, 3.05) is 19.0 Å². The monoisotopic (exact) mass is 303 g/mol. The molecule has 0 atom stereocenters. The van der Waals surface area contributed by atoms with E-state index in [0.717, 1.165) is 22.6 Å². The van der Waals surface area contributed by atoms with Crippen molar-refractivity contribution in [3.63, 3.8) is 0 Å². The fraction of sp³-hybridized carbons (Fsp3) is 0.200. The van der Waals surface area contributed by atoms with Crippen LogP contribution in [0, 0.1) is 5.82 Å². The quantitative estimate of drug-likeness (QED) is 0.793. The van der Waals surface area contributed by atoms with Gasteiger partial charge in [-0.15, -0.1) is 11.3 Å². The molecule has 0 spiro atoms. The summed E-state index contributed by atoms with van der Waals surface area (Å²) >= 11 is 1.50. The van der Waals surface area contributed by atoms with Crippen molar-refractivity contribution in [2.24, 2.45) is 0 Å². The molecular formula is C15H14FN3OS. The minimum atomic E-state index is -0.307. The van der Waals surface area contributed by atoms with Gasteiger partial charge >= 0.3 is 0 Å². The third kappa shape index (κ3) is 2.67. The third-order valence-electron chi connectivity index (χ3n) is 3.03. The second-order valence-corrected chi connectivity index (χ2v) is 5.35. The number of benzene rings is 1. The number of rotatable bonds is 4. The Bertz CT molecular complexity index is 788. The number of nitrogens with zero attached hydrogens (tertiary/aromatic N) is 2. The zero-order valence-corrected chi connectivity index (χ0v) is 12.5. The number of fused-ring (bicyclic) bond motifs is 1. The van der Waals surface area contributed by atoms with Gasteiger partial charge in [0.2, 0.25) is 0 Å². The number of halogens is 1. The van der Waals surface area contributed by atoms with Gasteiger partial charge in [-0.2, -0.15) is 0 Å². The number of methoxy groups -OCH3 is 1. The van der Waals surface area contributed by atoms with E-state index in [1.54, 1.807) is 13.2 Å². The van der Waals surface area contributed by atoms with E-state index in [-0.39, 0.29) is 5.82 Å². The molecule has 2 heterocycles. The lowest BCUT2D eigenvalue weighted by Crippen LogP contribution is -2.02. The molecule has 21 heavy (non-hydrogen) atoms. The van der Waals surface area contributed by atoms with E-state index >= 15 is 0 Å². The Labute approximate surface area is 125 Å². The van der Waals surface area contributed by atoms with E-state index in [9.17, 15) is 4.39 Å². The van der Waals surface area contributed by atoms with E-state index in [1.165, 1.54) is 23.5 Å². The number of nitrogens with one attached hydrogen (secondary N) is 1. The van der Waals surface area contributed by atoms with Crippen LogP contribution >= 0.6 is 11.3 Å². The minimum Gasteiger partial charge on any atom is -0.496 e. The molecule has 0 aliphatic carbocycles. The van der Waals surface area contributed by atoms with Gasteiger partial charge in [0.05, 0.1) is 17.5 Å². The maximum Gasteiger partial charge on any atom is 0.172 e. The van der Waals surface area contributed by atoms with Crippen LogP contribution in [0.4, 0.5) is 10.2 Å². The summed E-state index contributed by atoms with van der Waals surface area (Å²) in [7, 11) is 1.62. The predicted octanol–water partition coefficient (Wildman–Crippen LogP) is 3.94. The van der Waals surface area contributed by atoms with Gasteiger partial charge in [-0.25, -0.2) is 14.4 Å². The number of hydrogen-bond donors (Lipinski definition) is 1. The maximum absolute atomic E-state index is 13.4. The third-order valence-corrected chi connectivity index (χ3v) is 3.94. The Hall–Kier alpha value is -2.21. The van der Waals surface area contributed by atoms with Crippen LogP contribution in [0.5, 0.6) is 5.75 Å². The van der Waals surface area contributed by atoms with Crippen molar-refractivity contribution >= 4 is 28.1 Å². The van der Waals surface area contributed by atoms with Crippen LogP contribution in [0.25, 0.3) is 21.6 Å². The highest BCUT2D eigenvalue weighted by molar-refractivity contribution is 7.13. The van der Waals surface area contributed by atoms with Crippen LogP contribution in [0.2, 0.25) is 0 Å². The van der Waals surface area contributed by atoms with Gasteiger partial charge in [-0.3, -0.25) is 0 Å². The summed E-state index contributed by atoms with van der Waals surface area (Å²) < 4.78 is 18.6. The summed E-state index contributed by atoms with van der Waals surface area (Å²) in [6, 6.07) is 6.41. The van der Waals surface area contributed by atoms with Gasteiger partial charge in [0.15, 0.2) is 5.82 Å². The van der Waals surface area contributed by atoms with Gasteiger partial charge in [0.1, 0.15) is 17.4 Å². The summed E-state index contributed by atoms with van der Waals surface area (Å²) in [6.45, 7) is 2.72. The van der Waals surface area contributed by atoms with E-state index in [1.807, 2.05) is 18.4 Å². The molecule has 0 amide bonds. The number of ether oxygens (including phenoxy) is 1. The van der Waals surface area contributed by atoms with Gasteiger partial charge in [0.25, 0.3) is 0 Å². The van der Waals surface area contributed by atoms with E-state index in [2.05, 4.69) is 15.3 Å². The molecule has 6 heteroatoms. The zero-order chi connectivity index (χ0) is 14.8. The molecule has 0 bridgehead atoms. The molecule has 0 aliphatic rings. The number of thiophene rings is 1. The average molecular weight is 303 g/mol. The first kappa shape index (κ1) is 13.8. The Morgan fingerprint density at radius 2 is 2.14 bits per heavy atom. The first-order valence-electron chi connectivity index (χ1n) is 6.55. The van der Waals surface area contributed by atoms with Crippen molar-refractivity contribution in [2.45, 2.75) is 6.92 Å². The zero-order valence-electron chi connectivity index (χ0n) is 11.7. The molecule has 0 fully saturated rings. The number of hydrogen-bond acceptors (Lipinski definition) is 5. The summed E-state index contributed by atoms with van der Waals surface area (Å²) in [5, 5.41) is 5.90. The van der Waals surface area contributed by atoms with Crippen molar-refractivity contribution in [1.82, 2.24) is 9.97 Å². The Morgan fingerprint density at radius 3 is 2.86 bits per heavy atom. The molecule has 3 aromatic rings. The molecule has 0 radical (unpaired) electrons. The Balaban J connectivity index is 2.18. The van der Waals surface area contributed by atoms with Crippen LogP contribution < -0.4 is 10.1 Å². The first-order valence-corrected chi connectivity index (χ1v) is 7.43. The number of anilines is 1. The average Bonchev–Trinajstić information content (AvgIpc) is 2.96. The van der Waals surface area contributed by atoms with E-state index in [0.29, 0.717) is 17.2 Å². The molecular weight excluding hydrogens is 289 g/mol. The fourth-order valence-corrected chi connectivity index (χ4v) is 2.85. The van der Waals surface area contributed by atoms with E-state index in [4.69, 9.17) is 4.74 Å². The standard InChI is InChI=1S/C15H14FN3OS/c1-3-17-14-11-5-4-9(16)6-12(11)18-15(19-14)13-7-10(20-2)8-21-13/h4-8H,3H2,1-2H3,(H,17,18,19). The molecule has 108 valence electrons. The highest BCUT2D eigenvalue weighted by Gasteiger charge is 2.12. The van der Waals surface area contributed by atoms with Crippen LogP contribution in [0.3, 0.4) is 0 Å². The SMILES string of the molecule is CCNc1nc(-c2cc(OC)cs2)nc2cc(F)ccc12. The first-order chi connectivity index (χ1) is 10.2. The van der Waals surface area contributed by atoms with E-state index < -0.39 is 0 Å². The molecule has 2 aromatic heterocycles. The van der Waals surface area contributed by atoms with Crippen LogP contribution in [0.15, 0.2) is 29.6 Å². The lowest BCUT2D eigenvalue weighted by Gasteiger charge is -2.08. The van der Waals surface area contributed by atoms with Gasteiger partial charge in [0, 0.05) is 29.4 Å². The molecule has 0 unspecified atom stereocenters. The normalized spacial score (nSPS) is 10.8. The predicted molar refractivity (Wildman–Crippen MR) is 83.5 cm³/mol. The summed E-state index contributed by atoms with van der Waals surface area (Å²) in [5.74, 6) is 1.74. The smallest absolute Gasteiger partial charge is 0.172 e.